The van der Waals surface area contributed by atoms with Crippen LogP contribution in [-0.2, 0) is 6.42 Å². The Bertz CT molecular complexity index is 633. The molecule has 1 aromatic carbocycles. The van der Waals surface area contributed by atoms with Gasteiger partial charge in [-0.2, -0.15) is 0 Å². The first kappa shape index (κ1) is 11.9. The van der Waals surface area contributed by atoms with E-state index in [1.54, 1.807) is 6.07 Å². The van der Waals surface area contributed by atoms with E-state index >= 15 is 0 Å². The minimum absolute atomic E-state index is 0.215. The Morgan fingerprint density at radius 1 is 1.22 bits per heavy atom. The van der Waals surface area contributed by atoms with Crippen molar-refractivity contribution in [3.63, 3.8) is 0 Å². The molecule has 18 heavy (non-hydrogen) atoms. The molecule has 0 N–H and O–H groups in total. The highest BCUT2D eigenvalue weighted by molar-refractivity contribution is 14.1. The number of nitrogens with zero attached hydrogens (tertiary/aromatic N) is 1. The normalized spacial score (nSPS) is 14.7. The summed E-state index contributed by atoms with van der Waals surface area (Å²) in [6.45, 7) is 0. The van der Waals surface area contributed by atoms with Crippen LogP contribution in [0.15, 0.2) is 30.5 Å². The SMILES string of the molecule is O=C1CCCc2c1ccn2-c1ccc(F)cc1I. The molecule has 2 aromatic rings. The standard InChI is InChI=1S/C14H11FINO/c15-9-4-5-13(11(16)8-9)17-7-6-10-12(17)2-1-3-14(10)18/h4-8H,1-3H2. The Morgan fingerprint density at radius 2 is 2.06 bits per heavy atom. The van der Waals surface area contributed by atoms with Crippen LogP contribution in [0.1, 0.15) is 28.9 Å². The highest BCUT2D eigenvalue weighted by Crippen LogP contribution is 2.27. The van der Waals surface area contributed by atoms with E-state index < -0.39 is 0 Å². The van der Waals surface area contributed by atoms with Gasteiger partial charge in [0.25, 0.3) is 0 Å². The summed E-state index contributed by atoms with van der Waals surface area (Å²) in [4.78, 5) is 11.8. The number of halogens is 2. The van der Waals surface area contributed by atoms with Gasteiger partial charge in [-0.15, -0.1) is 0 Å². The molecule has 1 aromatic heterocycles. The zero-order valence-electron chi connectivity index (χ0n) is 9.62. The van der Waals surface area contributed by atoms with Crippen LogP contribution < -0.4 is 0 Å². The summed E-state index contributed by atoms with van der Waals surface area (Å²) in [7, 11) is 0. The molecule has 92 valence electrons. The molecule has 1 aliphatic rings. The lowest BCUT2D eigenvalue weighted by Crippen LogP contribution is -2.12. The highest BCUT2D eigenvalue weighted by atomic mass is 127. The molecule has 0 radical (unpaired) electrons. The third-order valence-electron chi connectivity index (χ3n) is 3.28. The van der Waals surface area contributed by atoms with Gasteiger partial charge in [0, 0.05) is 27.4 Å². The molecular weight excluding hydrogens is 344 g/mol. The van der Waals surface area contributed by atoms with Crippen LogP contribution in [0.5, 0.6) is 0 Å². The zero-order valence-corrected chi connectivity index (χ0v) is 11.8. The first-order valence-electron chi connectivity index (χ1n) is 5.85. The molecule has 0 unspecified atom stereocenters. The van der Waals surface area contributed by atoms with Crippen molar-refractivity contribution in [2.45, 2.75) is 19.3 Å². The van der Waals surface area contributed by atoms with Crippen LogP contribution in [0.25, 0.3) is 5.69 Å². The molecule has 3 rings (SSSR count). The fourth-order valence-electron chi connectivity index (χ4n) is 2.43. The van der Waals surface area contributed by atoms with E-state index in [0.29, 0.717) is 6.42 Å². The van der Waals surface area contributed by atoms with Crippen molar-refractivity contribution in [2.75, 3.05) is 0 Å². The van der Waals surface area contributed by atoms with Gasteiger partial charge in [-0.1, -0.05) is 0 Å². The molecule has 0 saturated heterocycles. The van der Waals surface area contributed by atoms with E-state index in [1.807, 2.05) is 16.8 Å². The molecule has 0 atom stereocenters. The Morgan fingerprint density at radius 3 is 2.83 bits per heavy atom. The van der Waals surface area contributed by atoms with Crippen molar-refractivity contribution in [1.82, 2.24) is 4.57 Å². The van der Waals surface area contributed by atoms with Crippen molar-refractivity contribution in [3.8, 4) is 5.69 Å². The number of ketones is 1. The van der Waals surface area contributed by atoms with Gasteiger partial charge in [0.1, 0.15) is 5.82 Å². The molecule has 0 spiro atoms. The van der Waals surface area contributed by atoms with Gasteiger partial charge in [0.15, 0.2) is 5.78 Å². The van der Waals surface area contributed by atoms with E-state index in [9.17, 15) is 9.18 Å². The smallest absolute Gasteiger partial charge is 0.164 e. The molecule has 2 nitrogen and oxygen atoms in total. The number of carbonyl (C=O) groups excluding carboxylic acids is 1. The van der Waals surface area contributed by atoms with Gasteiger partial charge < -0.3 is 4.57 Å². The van der Waals surface area contributed by atoms with Crippen molar-refractivity contribution in [3.05, 3.63) is 51.1 Å². The van der Waals surface area contributed by atoms with Crippen molar-refractivity contribution in [1.29, 1.82) is 0 Å². The summed E-state index contributed by atoms with van der Waals surface area (Å²) >= 11 is 2.12. The fraction of sp³-hybridized carbons (Fsp3) is 0.214. The van der Waals surface area contributed by atoms with Crippen molar-refractivity contribution < 1.29 is 9.18 Å². The largest absolute Gasteiger partial charge is 0.319 e. The van der Waals surface area contributed by atoms with E-state index in [-0.39, 0.29) is 11.6 Å². The number of rotatable bonds is 1. The van der Waals surface area contributed by atoms with Crippen LogP contribution in [0.2, 0.25) is 0 Å². The zero-order chi connectivity index (χ0) is 12.7. The predicted octanol–water partition coefficient (Wildman–Crippen LogP) is 3.74. The third-order valence-corrected chi connectivity index (χ3v) is 4.14. The highest BCUT2D eigenvalue weighted by Gasteiger charge is 2.21. The lowest BCUT2D eigenvalue weighted by Gasteiger charge is -2.16. The maximum Gasteiger partial charge on any atom is 0.164 e. The summed E-state index contributed by atoms with van der Waals surface area (Å²) in [5.74, 6) is -0.0210. The Balaban J connectivity index is 2.15. The Hall–Kier alpha value is -1.17. The maximum absolute atomic E-state index is 13.1. The van der Waals surface area contributed by atoms with E-state index in [2.05, 4.69) is 22.6 Å². The summed E-state index contributed by atoms with van der Waals surface area (Å²) in [6, 6.07) is 6.59. The lowest BCUT2D eigenvalue weighted by atomic mass is 9.97. The number of aromatic nitrogens is 1. The van der Waals surface area contributed by atoms with Gasteiger partial charge >= 0.3 is 0 Å². The van der Waals surface area contributed by atoms with Gasteiger partial charge in [0.05, 0.1) is 5.69 Å². The number of hydrogen-bond acceptors (Lipinski definition) is 1. The minimum atomic E-state index is -0.236. The second kappa shape index (κ2) is 4.50. The molecule has 1 aliphatic carbocycles. The number of carbonyl (C=O) groups is 1. The number of benzene rings is 1. The summed E-state index contributed by atoms with van der Waals surface area (Å²) in [5, 5.41) is 0. The summed E-state index contributed by atoms with van der Waals surface area (Å²) in [5.41, 5.74) is 2.81. The van der Waals surface area contributed by atoms with E-state index in [0.717, 1.165) is 33.4 Å². The average molecular weight is 355 g/mol. The van der Waals surface area contributed by atoms with Gasteiger partial charge in [0.2, 0.25) is 0 Å². The quantitative estimate of drug-likeness (QED) is 0.715. The lowest BCUT2D eigenvalue weighted by molar-refractivity contribution is 0.0972. The third kappa shape index (κ3) is 1.88. The van der Waals surface area contributed by atoms with Crippen LogP contribution in [0, 0.1) is 9.39 Å². The molecule has 1 heterocycles. The predicted molar refractivity (Wildman–Crippen MR) is 75.7 cm³/mol. The van der Waals surface area contributed by atoms with Gasteiger partial charge in [-0.05, 0) is 59.7 Å². The van der Waals surface area contributed by atoms with Crippen molar-refractivity contribution >= 4 is 28.4 Å². The molecule has 0 aliphatic heterocycles. The molecule has 4 heteroatoms. The summed E-state index contributed by atoms with van der Waals surface area (Å²) < 4.78 is 16.0. The second-order valence-corrected chi connectivity index (χ2v) is 5.58. The summed E-state index contributed by atoms with van der Waals surface area (Å²) in [6.07, 6.45) is 4.34. The molecule has 0 fully saturated rings. The second-order valence-electron chi connectivity index (χ2n) is 4.42. The van der Waals surface area contributed by atoms with Crippen molar-refractivity contribution in [2.24, 2.45) is 0 Å². The van der Waals surface area contributed by atoms with Crippen LogP contribution >= 0.6 is 22.6 Å². The van der Waals surface area contributed by atoms with E-state index in [4.69, 9.17) is 0 Å². The first-order chi connectivity index (χ1) is 8.66. The van der Waals surface area contributed by atoms with Crippen LogP contribution in [0.3, 0.4) is 0 Å². The Labute approximate surface area is 118 Å². The Kier molecular flexibility index (Phi) is 2.97. The first-order valence-corrected chi connectivity index (χ1v) is 6.93. The molecule has 0 amide bonds. The molecule has 0 bridgehead atoms. The fourth-order valence-corrected chi connectivity index (χ4v) is 3.16. The maximum atomic E-state index is 13.1. The number of fused-ring (bicyclic) bond motifs is 1. The van der Waals surface area contributed by atoms with Gasteiger partial charge in [-0.25, -0.2) is 4.39 Å². The van der Waals surface area contributed by atoms with E-state index in [1.165, 1.54) is 12.1 Å². The average Bonchev–Trinajstić information content (AvgIpc) is 2.74. The topological polar surface area (TPSA) is 22.0 Å². The molecular formula is C14H11FINO. The monoisotopic (exact) mass is 355 g/mol. The molecule has 0 saturated carbocycles. The number of hydrogen-bond donors (Lipinski definition) is 0. The minimum Gasteiger partial charge on any atom is -0.319 e. The van der Waals surface area contributed by atoms with Gasteiger partial charge in [-0.3, -0.25) is 4.79 Å². The number of Topliss-reactive ketones (excluding diaryl/α,β-unsaturated/α-hetero) is 1. The van der Waals surface area contributed by atoms with Crippen LogP contribution in [0.4, 0.5) is 4.39 Å². The van der Waals surface area contributed by atoms with Crippen LogP contribution in [-0.4, -0.2) is 10.4 Å².